The minimum absolute atomic E-state index is 0.0944. The SMILES string of the molecule is CC(CO)NCCc1c[nH]c2ccc(F)cc12. The maximum Gasteiger partial charge on any atom is 0.123 e. The summed E-state index contributed by atoms with van der Waals surface area (Å²) in [5.74, 6) is -0.213. The summed E-state index contributed by atoms with van der Waals surface area (Å²) in [6.07, 6.45) is 2.73. The van der Waals surface area contributed by atoms with E-state index >= 15 is 0 Å². The van der Waals surface area contributed by atoms with Crippen LogP contribution in [0.4, 0.5) is 4.39 Å². The van der Waals surface area contributed by atoms with Crippen LogP contribution in [0.25, 0.3) is 10.9 Å². The van der Waals surface area contributed by atoms with Crippen molar-refractivity contribution in [3.05, 3.63) is 35.8 Å². The van der Waals surface area contributed by atoms with Crippen LogP contribution in [0.5, 0.6) is 0 Å². The molecule has 2 rings (SSSR count). The normalized spacial score (nSPS) is 13.1. The molecule has 0 aliphatic heterocycles. The van der Waals surface area contributed by atoms with E-state index in [1.807, 2.05) is 13.1 Å². The van der Waals surface area contributed by atoms with E-state index < -0.39 is 0 Å². The van der Waals surface area contributed by atoms with E-state index in [2.05, 4.69) is 10.3 Å². The van der Waals surface area contributed by atoms with Crippen molar-refractivity contribution in [3.8, 4) is 0 Å². The lowest BCUT2D eigenvalue weighted by Crippen LogP contribution is -2.30. The zero-order chi connectivity index (χ0) is 12.3. The zero-order valence-corrected chi connectivity index (χ0v) is 9.83. The Morgan fingerprint density at radius 3 is 3.06 bits per heavy atom. The summed E-state index contributed by atoms with van der Waals surface area (Å²) < 4.78 is 13.1. The summed E-state index contributed by atoms with van der Waals surface area (Å²) in [7, 11) is 0. The Labute approximate surface area is 99.7 Å². The van der Waals surface area contributed by atoms with Crippen molar-refractivity contribution in [2.75, 3.05) is 13.2 Å². The van der Waals surface area contributed by atoms with E-state index in [-0.39, 0.29) is 18.5 Å². The number of hydrogen-bond donors (Lipinski definition) is 3. The minimum Gasteiger partial charge on any atom is -0.395 e. The van der Waals surface area contributed by atoms with Crippen LogP contribution in [0.1, 0.15) is 12.5 Å². The zero-order valence-electron chi connectivity index (χ0n) is 9.83. The molecular weight excluding hydrogens is 219 g/mol. The number of aliphatic hydroxyl groups is 1. The van der Waals surface area contributed by atoms with Gasteiger partial charge in [-0.2, -0.15) is 0 Å². The quantitative estimate of drug-likeness (QED) is 0.741. The van der Waals surface area contributed by atoms with E-state index in [0.29, 0.717) is 0 Å². The number of aromatic amines is 1. The van der Waals surface area contributed by atoms with Crippen LogP contribution in [-0.2, 0) is 6.42 Å². The molecule has 0 fully saturated rings. The number of hydrogen-bond acceptors (Lipinski definition) is 2. The molecule has 3 N–H and O–H groups in total. The van der Waals surface area contributed by atoms with Crippen molar-refractivity contribution in [1.29, 1.82) is 0 Å². The fourth-order valence-electron chi connectivity index (χ4n) is 1.88. The van der Waals surface area contributed by atoms with Gasteiger partial charge in [0, 0.05) is 23.1 Å². The summed E-state index contributed by atoms with van der Waals surface area (Å²) in [5.41, 5.74) is 2.05. The van der Waals surface area contributed by atoms with Crippen LogP contribution in [0, 0.1) is 5.82 Å². The molecule has 0 spiro atoms. The molecule has 1 aromatic carbocycles. The summed E-state index contributed by atoms with van der Waals surface area (Å²) in [5, 5.41) is 13.0. The first-order valence-electron chi connectivity index (χ1n) is 5.80. The van der Waals surface area contributed by atoms with Crippen LogP contribution >= 0.6 is 0 Å². The molecule has 1 atom stereocenters. The van der Waals surface area contributed by atoms with Gasteiger partial charge in [0.15, 0.2) is 0 Å². The number of benzene rings is 1. The van der Waals surface area contributed by atoms with Gasteiger partial charge >= 0.3 is 0 Å². The number of halogens is 1. The highest BCUT2D eigenvalue weighted by Crippen LogP contribution is 2.19. The van der Waals surface area contributed by atoms with Crippen LogP contribution in [0.2, 0.25) is 0 Å². The second kappa shape index (κ2) is 5.29. The van der Waals surface area contributed by atoms with E-state index in [1.165, 1.54) is 6.07 Å². The number of aliphatic hydroxyl groups excluding tert-OH is 1. The van der Waals surface area contributed by atoms with Crippen LogP contribution in [-0.4, -0.2) is 29.3 Å². The molecule has 3 nitrogen and oxygen atoms in total. The largest absolute Gasteiger partial charge is 0.395 e. The fourth-order valence-corrected chi connectivity index (χ4v) is 1.88. The smallest absolute Gasteiger partial charge is 0.123 e. The van der Waals surface area contributed by atoms with Crippen molar-refractivity contribution in [2.24, 2.45) is 0 Å². The lowest BCUT2D eigenvalue weighted by molar-refractivity contribution is 0.252. The van der Waals surface area contributed by atoms with Gasteiger partial charge in [-0.05, 0) is 43.7 Å². The Morgan fingerprint density at radius 2 is 2.29 bits per heavy atom. The molecule has 0 aliphatic rings. The molecule has 1 aromatic heterocycles. The van der Waals surface area contributed by atoms with Crippen LogP contribution in [0.15, 0.2) is 24.4 Å². The third kappa shape index (κ3) is 2.84. The molecule has 4 heteroatoms. The third-order valence-corrected chi connectivity index (χ3v) is 2.89. The van der Waals surface area contributed by atoms with Crippen LogP contribution in [0.3, 0.4) is 0 Å². The Bertz CT molecular complexity index is 495. The number of fused-ring (bicyclic) bond motifs is 1. The summed E-state index contributed by atoms with van der Waals surface area (Å²) >= 11 is 0. The van der Waals surface area contributed by atoms with Crippen LogP contribution < -0.4 is 5.32 Å². The van der Waals surface area contributed by atoms with Gasteiger partial charge in [-0.15, -0.1) is 0 Å². The van der Waals surface area contributed by atoms with Gasteiger partial charge in [0.2, 0.25) is 0 Å². The van der Waals surface area contributed by atoms with Gasteiger partial charge in [-0.1, -0.05) is 0 Å². The molecule has 0 saturated heterocycles. The molecule has 0 amide bonds. The molecule has 0 saturated carbocycles. The first-order chi connectivity index (χ1) is 8.20. The molecule has 1 heterocycles. The average molecular weight is 236 g/mol. The molecule has 17 heavy (non-hydrogen) atoms. The summed E-state index contributed by atoms with van der Waals surface area (Å²) in [6.45, 7) is 2.82. The lowest BCUT2D eigenvalue weighted by Gasteiger charge is -2.09. The summed E-state index contributed by atoms with van der Waals surface area (Å²) in [6, 6.07) is 4.85. The van der Waals surface area contributed by atoms with E-state index in [0.717, 1.165) is 29.4 Å². The van der Waals surface area contributed by atoms with Crippen molar-refractivity contribution in [1.82, 2.24) is 10.3 Å². The van der Waals surface area contributed by atoms with E-state index in [1.54, 1.807) is 12.1 Å². The molecule has 0 radical (unpaired) electrons. The molecule has 0 aliphatic carbocycles. The van der Waals surface area contributed by atoms with Crippen molar-refractivity contribution >= 4 is 10.9 Å². The van der Waals surface area contributed by atoms with Gasteiger partial charge in [0.05, 0.1) is 6.61 Å². The first-order valence-corrected chi connectivity index (χ1v) is 5.80. The predicted molar refractivity (Wildman–Crippen MR) is 66.5 cm³/mol. The van der Waals surface area contributed by atoms with Gasteiger partial charge < -0.3 is 15.4 Å². The van der Waals surface area contributed by atoms with E-state index in [4.69, 9.17) is 5.11 Å². The Kier molecular flexibility index (Phi) is 3.76. The molecule has 0 bridgehead atoms. The second-order valence-electron chi connectivity index (χ2n) is 4.29. The number of rotatable bonds is 5. The molecule has 92 valence electrons. The number of aromatic nitrogens is 1. The molecule has 2 aromatic rings. The van der Waals surface area contributed by atoms with Gasteiger partial charge in [-0.3, -0.25) is 0 Å². The number of nitrogens with one attached hydrogen (secondary N) is 2. The van der Waals surface area contributed by atoms with Gasteiger partial charge in [0.1, 0.15) is 5.82 Å². The average Bonchev–Trinajstić information content (AvgIpc) is 2.72. The standard InChI is InChI=1S/C13H17FN2O/c1-9(8-17)15-5-4-10-7-16-13-3-2-11(14)6-12(10)13/h2-3,6-7,9,15-17H,4-5,8H2,1H3. The first kappa shape index (κ1) is 12.1. The predicted octanol–water partition coefficient (Wildman–Crippen LogP) is 1.82. The Balaban J connectivity index is 2.06. The van der Waals surface area contributed by atoms with Gasteiger partial charge in [0.25, 0.3) is 0 Å². The highest BCUT2D eigenvalue weighted by molar-refractivity contribution is 5.83. The maximum atomic E-state index is 13.1. The fraction of sp³-hybridized carbons (Fsp3) is 0.385. The Morgan fingerprint density at radius 1 is 1.47 bits per heavy atom. The molecule has 1 unspecified atom stereocenters. The second-order valence-corrected chi connectivity index (χ2v) is 4.29. The van der Waals surface area contributed by atoms with Gasteiger partial charge in [-0.25, -0.2) is 4.39 Å². The van der Waals surface area contributed by atoms with Crippen molar-refractivity contribution < 1.29 is 9.50 Å². The summed E-state index contributed by atoms with van der Waals surface area (Å²) in [4.78, 5) is 3.12. The minimum atomic E-state index is -0.213. The third-order valence-electron chi connectivity index (χ3n) is 2.89. The topological polar surface area (TPSA) is 48.0 Å². The highest BCUT2D eigenvalue weighted by atomic mass is 19.1. The number of H-pyrrole nitrogens is 1. The lowest BCUT2D eigenvalue weighted by atomic mass is 10.1. The Hall–Kier alpha value is -1.39. The van der Waals surface area contributed by atoms with Crippen molar-refractivity contribution in [2.45, 2.75) is 19.4 Å². The maximum absolute atomic E-state index is 13.1. The molecular formula is C13H17FN2O. The monoisotopic (exact) mass is 236 g/mol. The van der Waals surface area contributed by atoms with Crippen molar-refractivity contribution in [3.63, 3.8) is 0 Å². The van der Waals surface area contributed by atoms with E-state index in [9.17, 15) is 4.39 Å². The highest BCUT2D eigenvalue weighted by Gasteiger charge is 2.05.